The van der Waals surface area contributed by atoms with E-state index in [9.17, 15) is 0 Å². The normalized spacial score (nSPS) is 10.4. The van der Waals surface area contributed by atoms with Crippen LogP contribution < -0.4 is 10.5 Å². The highest BCUT2D eigenvalue weighted by Crippen LogP contribution is 2.33. The topological polar surface area (TPSA) is 61.3 Å². The second-order valence-electron chi connectivity index (χ2n) is 3.40. The van der Waals surface area contributed by atoms with Crippen molar-refractivity contribution in [3.63, 3.8) is 0 Å². The number of halogens is 1. The van der Waals surface area contributed by atoms with Gasteiger partial charge in [0.05, 0.1) is 7.11 Å². The quantitative estimate of drug-likeness (QED) is 0.920. The average Bonchev–Trinajstić information content (AvgIpc) is 2.69. The van der Waals surface area contributed by atoms with Crippen molar-refractivity contribution < 1.29 is 9.26 Å². The van der Waals surface area contributed by atoms with Crippen molar-refractivity contribution in [2.75, 3.05) is 12.8 Å². The van der Waals surface area contributed by atoms with E-state index in [4.69, 9.17) is 15.0 Å². The number of hydrogen-bond acceptors (Lipinski definition) is 4. The molecule has 84 valence electrons. The largest absolute Gasteiger partial charge is 0.496 e. The third kappa shape index (κ3) is 1.90. The van der Waals surface area contributed by atoms with Gasteiger partial charge in [0.15, 0.2) is 11.6 Å². The van der Waals surface area contributed by atoms with Gasteiger partial charge in [0.1, 0.15) is 5.75 Å². The maximum Gasteiger partial charge on any atom is 0.169 e. The van der Waals surface area contributed by atoms with Gasteiger partial charge in [-0.2, -0.15) is 0 Å². The van der Waals surface area contributed by atoms with Gasteiger partial charge in [0.25, 0.3) is 0 Å². The van der Waals surface area contributed by atoms with E-state index in [2.05, 4.69) is 21.1 Å². The summed E-state index contributed by atoms with van der Waals surface area (Å²) in [5.74, 6) is 1.78. The van der Waals surface area contributed by atoms with E-state index < -0.39 is 0 Å². The lowest BCUT2D eigenvalue weighted by Crippen LogP contribution is -1.89. The van der Waals surface area contributed by atoms with Crippen LogP contribution in [0.25, 0.3) is 11.3 Å². The first-order valence-electron chi connectivity index (χ1n) is 4.68. The average molecular weight is 283 g/mol. The Morgan fingerprint density at radius 2 is 2.12 bits per heavy atom. The maximum atomic E-state index is 5.51. The molecular weight excluding hydrogens is 272 g/mol. The standard InChI is InChI=1S/C11H11BrN2O2/c1-6-8(12)3-7(4-9(6)15-2)10-5-11(13)14-16-10/h3-5H,1-2H3,(H2,13,14). The molecule has 1 heterocycles. The van der Waals surface area contributed by atoms with E-state index in [-0.39, 0.29) is 0 Å². The molecule has 4 nitrogen and oxygen atoms in total. The number of anilines is 1. The summed E-state index contributed by atoms with van der Waals surface area (Å²) in [5, 5.41) is 3.65. The molecule has 1 aromatic carbocycles. The third-order valence-corrected chi connectivity index (χ3v) is 3.15. The fraction of sp³-hybridized carbons (Fsp3) is 0.182. The predicted octanol–water partition coefficient (Wildman–Crippen LogP) is 3.00. The van der Waals surface area contributed by atoms with Crippen LogP contribution in [-0.4, -0.2) is 12.3 Å². The van der Waals surface area contributed by atoms with Gasteiger partial charge < -0.3 is 15.0 Å². The Morgan fingerprint density at radius 3 is 2.69 bits per heavy atom. The molecule has 0 saturated heterocycles. The molecule has 0 atom stereocenters. The van der Waals surface area contributed by atoms with Crippen LogP contribution in [0.15, 0.2) is 27.2 Å². The molecule has 0 fully saturated rings. The monoisotopic (exact) mass is 282 g/mol. The summed E-state index contributed by atoms with van der Waals surface area (Å²) < 4.78 is 11.3. The van der Waals surface area contributed by atoms with Crippen LogP contribution in [0, 0.1) is 6.92 Å². The molecule has 0 amide bonds. The van der Waals surface area contributed by atoms with Gasteiger partial charge in [-0.1, -0.05) is 21.1 Å². The minimum Gasteiger partial charge on any atom is -0.496 e. The molecule has 2 rings (SSSR count). The van der Waals surface area contributed by atoms with Crippen molar-refractivity contribution in [3.05, 3.63) is 28.2 Å². The highest BCUT2D eigenvalue weighted by molar-refractivity contribution is 9.10. The summed E-state index contributed by atoms with van der Waals surface area (Å²) in [6.45, 7) is 1.97. The fourth-order valence-electron chi connectivity index (χ4n) is 1.43. The smallest absolute Gasteiger partial charge is 0.169 e. The Morgan fingerprint density at radius 1 is 1.38 bits per heavy atom. The Kier molecular flexibility index (Phi) is 2.87. The molecule has 0 aliphatic heterocycles. The second kappa shape index (κ2) is 4.17. The summed E-state index contributed by atoms with van der Waals surface area (Å²) in [6.07, 6.45) is 0. The predicted molar refractivity (Wildman–Crippen MR) is 65.3 cm³/mol. The number of benzene rings is 1. The SMILES string of the molecule is COc1cc(-c2cc(N)no2)cc(Br)c1C. The van der Waals surface area contributed by atoms with Gasteiger partial charge in [-0.15, -0.1) is 0 Å². The van der Waals surface area contributed by atoms with E-state index in [1.165, 1.54) is 0 Å². The summed E-state index contributed by atoms with van der Waals surface area (Å²) >= 11 is 3.47. The van der Waals surface area contributed by atoms with Gasteiger partial charge >= 0.3 is 0 Å². The molecule has 0 aliphatic rings. The molecule has 0 spiro atoms. The number of nitrogen functional groups attached to an aromatic ring is 1. The van der Waals surface area contributed by atoms with Crippen molar-refractivity contribution in [2.45, 2.75) is 6.92 Å². The number of nitrogens with two attached hydrogens (primary N) is 1. The van der Waals surface area contributed by atoms with Crippen LogP contribution in [-0.2, 0) is 0 Å². The van der Waals surface area contributed by atoms with Crippen LogP contribution in [0.2, 0.25) is 0 Å². The lowest BCUT2D eigenvalue weighted by Gasteiger charge is -2.08. The third-order valence-electron chi connectivity index (χ3n) is 2.33. The number of rotatable bonds is 2. The zero-order valence-electron chi connectivity index (χ0n) is 8.95. The highest BCUT2D eigenvalue weighted by Gasteiger charge is 2.10. The molecule has 16 heavy (non-hydrogen) atoms. The van der Waals surface area contributed by atoms with Crippen LogP contribution in [0.5, 0.6) is 5.75 Å². The second-order valence-corrected chi connectivity index (χ2v) is 4.26. The van der Waals surface area contributed by atoms with Crippen LogP contribution in [0.3, 0.4) is 0 Å². The minimum absolute atomic E-state index is 0.366. The first kappa shape index (κ1) is 11.0. The van der Waals surface area contributed by atoms with E-state index in [0.29, 0.717) is 11.6 Å². The Balaban J connectivity index is 2.54. The molecule has 0 radical (unpaired) electrons. The fourth-order valence-corrected chi connectivity index (χ4v) is 1.87. The van der Waals surface area contributed by atoms with E-state index >= 15 is 0 Å². The van der Waals surface area contributed by atoms with Gasteiger partial charge in [-0.05, 0) is 19.1 Å². The summed E-state index contributed by atoms with van der Waals surface area (Å²) in [7, 11) is 1.63. The molecule has 0 unspecified atom stereocenters. The molecule has 0 bridgehead atoms. The summed E-state index contributed by atoms with van der Waals surface area (Å²) in [5.41, 5.74) is 7.42. The van der Waals surface area contributed by atoms with Gasteiger partial charge in [0.2, 0.25) is 0 Å². The van der Waals surface area contributed by atoms with E-state index in [1.54, 1.807) is 13.2 Å². The van der Waals surface area contributed by atoms with Crippen molar-refractivity contribution in [2.24, 2.45) is 0 Å². The zero-order chi connectivity index (χ0) is 11.7. The van der Waals surface area contributed by atoms with Gasteiger partial charge in [-0.25, -0.2) is 0 Å². The summed E-state index contributed by atoms with van der Waals surface area (Å²) in [6, 6.07) is 5.51. The Labute approximate surface area is 102 Å². The van der Waals surface area contributed by atoms with Crippen molar-refractivity contribution in [3.8, 4) is 17.1 Å². The van der Waals surface area contributed by atoms with Crippen LogP contribution in [0.1, 0.15) is 5.56 Å². The number of methoxy groups -OCH3 is 1. The van der Waals surface area contributed by atoms with E-state index in [1.807, 2.05) is 19.1 Å². The van der Waals surface area contributed by atoms with Gasteiger partial charge in [-0.3, -0.25) is 0 Å². The molecule has 5 heteroatoms. The number of aromatic nitrogens is 1. The minimum atomic E-state index is 0.366. The Hall–Kier alpha value is -1.49. The molecule has 1 aromatic heterocycles. The lowest BCUT2D eigenvalue weighted by molar-refractivity contribution is 0.410. The zero-order valence-corrected chi connectivity index (χ0v) is 10.5. The van der Waals surface area contributed by atoms with Crippen molar-refractivity contribution in [1.29, 1.82) is 0 Å². The van der Waals surface area contributed by atoms with Crippen LogP contribution in [0.4, 0.5) is 5.82 Å². The molecule has 2 aromatic rings. The van der Waals surface area contributed by atoms with Gasteiger partial charge in [0, 0.05) is 21.7 Å². The maximum absolute atomic E-state index is 5.51. The van der Waals surface area contributed by atoms with Crippen molar-refractivity contribution in [1.82, 2.24) is 5.16 Å². The molecule has 0 aliphatic carbocycles. The number of nitrogens with zero attached hydrogens (tertiary/aromatic N) is 1. The molecule has 0 saturated carbocycles. The Bertz CT molecular complexity index is 523. The van der Waals surface area contributed by atoms with E-state index in [0.717, 1.165) is 21.3 Å². The molecular formula is C11H11BrN2O2. The lowest BCUT2D eigenvalue weighted by atomic mass is 10.1. The highest BCUT2D eigenvalue weighted by atomic mass is 79.9. The first-order valence-corrected chi connectivity index (χ1v) is 5.48. The first-order chi connectivity index (χ1) is 7.61. The van der Waals surface area contributed by atoms with Crippen molar-refractivity contribution >= 4 is 21.7 Å². The number of hydrogen-bond donors (Lipinski definition) is 1. The van der Waals surface area contributed by atoms with Crippen LogP contribution >= 0.6 is 15.9 Å². The molecule has 2 N–H and O–H groups in total. The summed E-state index contributed by atoms with van der Waals surface area (Å²) in [4.78, 5) is 0. The number of ether oxygens (including phenoxy) is 1.